The standard InChI is InChI=1S/C24H19NO2.C4H10O.C2H6/c1-14-20(13-22(26)27)24(19-6-2-3-8-21(19)25-14)18-12-11-16-10-9-15-5-4-7-17(18)23(15)16;1-4(2,3)5;1-2/h2-8,11-12H,9-10,13H2,1H3,(H,26,27);5H,1-3H3;1-2H3. The molecule has 0 radical (unpaired) electrons. The lowest BCUT2D eigenvalue weighted by molar-refractivity contribution is -0.136. The van der Waals surface area contributed by atoms with Gasteiger partial charge in [-0.1, -0.05) is 62.4 Å². The third kappa shape index (κ3) is 5.45. The van der Waals surface area contributed by atoms with Crippen LogP contribution < -0.4 is 0 Å². The van der Waals surface area contributed by atoms with Gasteiger partial charge in [-0.25, -0.2) is 0 Å². The number of aliphatic hydroxyl groups is 1. The SMILES string of the molecule is CC.CC(C)(C)O.Cc1nc2ccccc2c(-c2ccc3c4c(cccc24)CC3)c1CC(=O)O. The molecular formula is C30H35NO3. The monoisotopic (exact) mass is 457 g/mol. The van der Waals surface area contributed by atoms with Crippen LogP contribution in [0, 0.1) is 6.92 Å². The molecule has 2 N–H and O–H groups in total. The lowest BCUT2D eigenvalue weighted by Crippen LogP contribution is -2.10. The Hall–Kier alpha value is -3.24. The van der Waals surface area contributed by atoms with Crippen molar-refractivity contribution in [1.82, 2.24) is 4.98 Å². The molecule has 0 spiro atoms. The number of hydrogen-bond acceptors (Lipinski definition) is 3. The first-order chi connectivity index (χ1) is 16.1. The second kappa shape index (κ2) is 10.4. The van der Waals surface area contributed by atoms with Crippen LogP contribution in [0.2, 0.25) is 0 Å². The molecule has 0 amide bonds. The third-order valence-corrected chi connectivity index (χ3v) is 5.67. The van der Waals surface area contributed by atoms with Crippen molar-refractivity contribution in [3.05, 3.63) is 77.0 Å². The van der Waals surface area contributed by atoms with Crippen molar-refractivity contribution in [1.29, 1.82) is 0 Å². The number of pyridine rings is 1. The molecule has 178 valence electrons. The van der Waals surface area contributed by atoms with Gasteiger partial charge in [0.15, 0.2) is 0 Å². The zero-order chi connectivity index (χ0) is 25.0. The summed E-state index contributed by atoms with van der Waals surface area (Å²) in [6.07, 6.45) is 2.13. The lowest BCUT2D eigenvalue weighted by Gasteiger charge is -2.17. The highest BCUT2D eigenvalue weighted by molar-refractivity contribution is 6.08. The molecule has 1 aromatic heterocycles. The van der Waals surface area contributed by atoms with Gasteiger partial charge in [-0.2, -0.15) is 0 Å². The molecule has 1 aliphatic rings. The smallest absolute Gasteiger partial charge is 0.307 e. The molecule has 0 saturated heterocycles. The van der Waals surface area contributed by atoms with Gasteiger partial charge >= 0.3 is 5.97 Å². The Balaban J connectivity index is 0.000000414. The third-order valence-electron chi connectivity index (χ3n) is 5.67. The molecule has 5 rings (SSSR count). The first-order valence-electron chi connectivity index (χ1n) is 12.0. The summed E-state index contributed by atoms with van der Waals surface area (Å²) in [5.41, 5.74) is 6.89. The molecule has 0 aliphatic heterocycles. The van der Waals surface area contributed by atoms with Crippen LogP contribution in [-0.2, 0) is 24.1 Å². The highest BCUT2D eigenvalue weighted by Crippen LogP contribution is 2.41. The van der Waals surface area contributed by atoms with Gasteiger partial charge in [0, 0.05) is 11.1 Å². The van der Waals surface area contributed by atoms with E-state index in [0.717, 1.165) is 46.1 Å². The van der Waals surface area contributed by atoms with Crippen molar-refractivity contribution >= 4 is 27.6 Å². The van der Waals surface area contributed by atoms with Gasteiger partial charge in [0.05, 0.1) is 17.5 Å². The number of para-hydroxylation sites is 1. The average Bonchev–Trinajstić information content (AvgIpc) is 3.20. The highest BCUT2D eigenvalue weighted by Gasteiger charge is 2.21. The van der Waals surface area contributed by atoms with Crippen LogP contribution in [0.4, 0.5) is 0 Å². The average molecular weight is 458 g/mol. The minimum Gasteiger partial charge on any atom is -0.481 e. The number of carboxylic acid groups (broad SMARTS) is 1. The van der Waals surface area contributed by atoms with Crippen LogP contribution in [0.25, 0.3) is 32.8 Å². The molecule has 3 aromatic carbocycles. The molecular weight excluding hydrogens is 422 g/mol. The number of rotatable bonds is 3. The van der Waals surface area contributed by atoms with E-state index in [1.165, 1.54) is 21.9 Å². The Labute approximate surface area is 202 Å². The maximum Gasteiger partial charge on any atom is 0.307 e. The van der Waals surface area contributed by atoms with E-state index in [2.05, 4.69) is 35.3 Å². The Morgan fingerprint density at radius 1 is 0.912 bits per heavy atom. The number of carbonyl (C=O) groups is 1. The van der Waals surface area contributed by atoms with Crippen molar-refractivity contribution in [3.63, 3.8) is 0 Å². The summed E-state index contributed by atoms with van der Waals surface area (Å²) in [5.74, 6) is -0.831. The summed E-state index contributed by atoms with van der Waals surface area (Å²) < 4.78 is 0. The highest BCUT2D eigenvalue weighted by atomic mass is 16.4. The Morgan fingerprint density at radius 3 is 2.15 bits per heavy atom. The summed E-state index contributed by atoms with van der Waals surface area (Å²) >= 11 is 0. The first kappa shape index (κ1) is 25.4. The predicted octanol–water partition coefficient (Wildman–Crippen LogP) is 6.89. The molecule has 1 aliphatic carbocycles. The summed E-state index contributed by atoms with van der Waals surface area (Å²) in [5, 5.41) is 21.6. The zero-order valence-electron chi connectivity index (χ0n) is 21.1. The molecule has 4 nitrogen and oxygen atoms in total. The van der Waals surface area contributed by atoms with Crippen LogP contribution in [0.1, 0.15) is 57.0 Å². The van der Waals surface area contributed by atoms with Gasteiger partial charge in [-0.15, -0.1) is 0 Å². The summed E-state index contributed by atoms with van der Waals surface area (Å²) in [7, 11) is 0. The molecule has 0 saturated carbocycles. The molecule has 4 aromatic rings. The van der Waals surface area contributed by atoms with Gasteiger partial charge in [-0.3, -0.25) is 9.78 Å². The number of benzene rings is 3. The second-order valence-electron chi connectivity index (χ2n) is 9.42. The topological polar surface area (TPSA) is 70.4 Å². The predicted molar refractivity (Wildman–Crippen MR) is 141 cm³/mol. The van der Waals surface area contributed by atoms with Crippen molar-refractivity contribution in [2.75, 3.05) is 0 Å². The number of carboxylic acids is 1. The Kier molecular flexibility index (Phi) is 7.73. The first-order valence-corrected chi connectivity index (χ1v) is 12.0. The largest absolute Gasteiger partial charge is 0.481 e. The van der Waals surface area contributed by atoms with Crippen LogP contribution >= 0.6 is 0 Å². The van der Waals surface area contributed by atoms with Crippen LogP contribution in [0.5, 0.6) is 0 Å². The van der Waals surface area contributed by atoms with Crippen LogP contribution in [-0.4, -0.2) is 26.8 Å². The molecule has 4 heteroatoms. The molecule has 0 atom stereocenters. The van der Waals surface area contributed by atoms with Crippen molar-refractivity contribution in [2.24, 2.45) is 0 Å². The fraction of sp³-hybridized carbons (Fsp3) is 0.333. The lowest BCUT2D eigenvalue weighted by atomic mass is 9.88. The maximum absolute atomic E-state index is 11.6. The summed E-state index contributed by atoms with van der Waals surface area (Å²) in [6.45, 7) is 11.1. The van der Waals surface area contributed by atoms with Gasteiger partial charge in [0.2, 0.25) is 0 Å². The van der Waals surface area contributed by atoms with E-state index < -0.39 is 11.6 Å². The number of fused-ring (bicyclic) bond motifs is 1. The van der Waals surface area contributed by atoms with E-state index in [-0.39, 0.29) is 6.42 Å². The van der Waals surface area contributed by atoms with Crippen molar-refractivity contribution in [3.8, 4) is 11.1 Å². The fourth-order valence-corrected chi connectivity index (χ4v) is 4.51. The van der Waals surface area contributed by atoms with Crippen LogP contribution in [0.3, 0.4) is 0 Å². The number of aryl methyl sites for hydroxylation is 3. The van der Waals surface area contributed by atoms with Gasteiger partial charge < -0.3 is 10.2 Å². The minimum atomic E-state index is -0.831. The summed E-state index contributed by atoms with van der Waals surface area (Å²) in [6, 6.07) is 18.9. The van der Waals surface area contributed by atoms with Gasteiger partial charge in [-0.05, 0) is 85.2 Å². The van der Waals surface area contributed by atoms with E-state index >= 15 is 0 Å². The Bertz CT molecular complexity index is 1320. The minimum absolute atomic E-state index is 0.0259. The fourth-order valence-electron chi connectivity index (χ4n) is 4.51. The van der Waals surface area contributed by atoms with Gasteiger partial charge in [0.1, 0.15) is 0 Å². The van der Waals surface area contributed by atoms with E-state index in [4.69, 9.17) is 5.11 Å². The van der Waals surface area contributed by atoms with Gasteiger partial charge in [0.25, 0.3) is 0 Å². The number of nitrogens with zero attached hydrogens (tertiary/aromatic N) is 1. The molecule has 34 heavy (non-hydrogen) atoms. The molecule has 0 bridgehead atoms. The molecule has 0 unspecified atom stereocenters. The van der Waals surface area contributed by atoms with Crippen molar-refractivity contribution < 1.29 is 15.0 Å². The van der Waals surface area contributed by atoms with E-state index in [0.29, 0.717) is 0 Å². The number of hydrogen-bond donors (Lipinski definition) is 2. The quantitative estimate of drug-likeness (QED) is 0.351. The Morgan fingerprint density at radius 2 is 1.50 bits per heavy atom. The van der Waals surface area contributed by atoms with Crippen LogP contribution in [0.15, 0.2) is 54.6 Å². The van der Waals surface area contributed by atoms with Crippen molar-refractivity contribution in [2.45, 2.75) is 66.4 Å². The number of aromatic nitrogens is 1. The molecule has 1 heterocycles. The molecule has 0 fully saturated rings. The zero-order valence-corrected chi connectivity index (χ0v) is 21.1. The van der Waals surface area contributed by atoms with E-state index in [1.54, 1.807) is 20.8 Å². The van der Waals surface area contributed by atoms with E-state index in [9.17, 15) is 9.90 Å². The maximum atomic E-state index is 11.6. The normalized spacial score (nSPS) is 12.1. The summed E-state index contributed by atoms with van der Waals surface area (Å²) in [4.78, 5) is 16.3. The number of aliphatic carboxylic acids is 1. The second-order valence-corrected chi connectivity index (χ2v) is 9.42. The van der Waals surface area contributed by atoms with E-state index in [1.807, 2.05) is 45.0 Å².